The molecule has 0 aromatic heterocycles. The lowest BCUT2D eigenvalue weighted by molar-refractivity contribution is -0.145. The van der Waals surface area contributed by atoms with E-state index in [1.165, 1.54) is 6.07 Å². The van der Waals surface area contributed by atoms with Gasteiger partial charge in [0.15, 0.2) is 0 Å². The fraction of sp³-hybridized carbons (Fsp3) is 0.667. The third kappa shape index (κ3) is 9.42. The Kier molecular flexibility index (Phi) is 11.1. The molecule has 0 aliphatic rings. The molecule has 35 heavy (non-hydrogen) atoms. The van der Waals surface area contributed by atoms with Crippen molar-refractivity contribution in [3.8, 4) is 5.75 Å². The first kappa shape index (κ1) is 30.3. The summed E-state index contributed by atoms with van der Waals surface area (Å²) in [5, 5.41) is 15.7. The number of carbonyl (C=O) groups excluding carboxylic acids is 3. The topological polar surface area (TPSA) is 108 Å². The largest absolute Gasteiger partial charge is 0.508 e. The molecule has 3 N–H and O–H groups in total. The summed E-state index contributed by atoms with van der Waals surface area (Å²) >= 11 is 0. The van der Waals surface area contributed by atoms with Crippen LogP contribution in [0.25, 0.3) is 0 Å². The van der Waals surface area contributed by atoms with Crippen LogP contribution in [0.5, 0.6) is 5.75 Å². The van der Waals surface area contributed by atoms with Gasteiger partial charge in [-0.2, -0.15) is 0 Å². The van der Waals surface area contributed by atoms with Gasteiger partial charge in [0.2, 0.25) is 11.8 Å². The Morgan fingerprint density at radius 3 is 2.11 bits per heavy atom. The number of hydrogen-bond acceptors (Lipinski definition) is 5. The summed E-state index contributed by atoms with van der Waals surface area (Å²) in [5.41, 5.74) is 0.481. The Hall–Kier alpha value is -2.77. The quantitative estimate of drug-likeness (QED) is 0.434. The first-order valence-corrected chi connectivity index (χ1v) is 12.5. The van der Waals surface area contributed by atoms with Crippen molar-refractivity contribution in [3.05, 3.63) is 29.3 Å². The Bertz CT molecular complexity index is 876. The number of rotatable bonds is 10. The van der Waals surface area contributed by atoms with E-state index in [0.717, 1.165) is 0 Å². The number of phenols is 1. The number of aromatic hydroxyl groups is 1. The molecule has 0 aliphatic carbocycles. The molecule has 0 bridgehead atoms. The molecule has 0 heterocycles. The molecule has 1 rings (SSSR count). The highest BCUT2D eigenvalue weighted by molar-refractivity contribution is 5.92. The molecule has 198 valence electrons. The molecule has 1 aromatic rings. The van der Waals surface area contributed by atoms with Crippen LogP contribution in [0.4, 0.5) is 4.79 Å². The molecule has 0 saturated heterocycles. The van der Waals surface area contributed by atoms with E-state index in [4.69, 9.17) is 4.74 Å². The second-order valence-corrected chi connectivity index (χ2v) is 10.9. The van der Waals surface area contributed by atoms with Crippen LogP contribution in [-0.2, 0) is 14.3 Å². The molecule has 0 aliphatic heterocycles. The minimum Gasteiger partial charge on any atom is -0.508 e. The van der Waals surface area contributed by atoms with Crippen molar-refractivity contribution < 1.29 is 24.2 Å². The van der Waals surface area contributed by atoms with Gasteiger partial charge in [-0.05, 0) is 90.5 Å². The van der Waals surface area contributed by atoms with Gasteiger partial charge < -0.3 is 25.4 Å². The van der Waals surface area contributed by atoms with E-state index in [0.29, 0.717) is 24.0 Å². The summed E-state index contributed by atoms with van der Waals surface area (Å²) in [7, 11) is 0. The van der Waals surface area contributed by atoms with E-state index in [-0.39, 0.29) is 35.6 Å². The number of hydrogen-bond donors (Lipinski definition) is 3. The van der Waals surface area contributed by atoms with E-state index in [2.05, 4.69) is 10.6 Å². The predicted octanol–water partition coefficient (Wildman–Crippen LogP) is 4.83. The lowest BCUT2D eigenvalue weighted by Gasteiger charge is -2.39. The number of carbonyl (C=O) groups is 3. The Morgan fingerprint density at radius 2 is 1.66 bits per heavy atom. The summed E-state index contributed by atoms with van der Waals surface area (Å²) in [6.45, 7) is 18.5. The first-order chi connectivity index (χ1) is 16.1. The van der Waals surface area contributed by atoms with E-state index < -0.39 is 23.8 Å². The zero-order valence-corrected chi connectivity index (χ0v) is 23.1. The van der Waals surface area contributed by atoms with E-state index in [1.807, 2.05) is 41.5 Å². The fourth-order valence-electron chi connectivity index (χ4n) is 3.77. The van der Waals surface area contributed by atoms with Gasteiger partial charge in [-0.3, -0.25) is 9.59 Å². The van der Waals surface area contributed by atoms with Crippen LogP contribution in [-0.4, -0.2) is 51.6 Å². The van der Waals surface area contributed by atoms with Gasteiger partial charge in [-0.1, -0.05) is 26.8 Å². The van der Waals surface area contributed by atoms with E-state index in [9.17, 15) is 19.5 Å². The van der Waals surface area contributed by atoms with Crippen LogP contribution >= 0.6 is 0 Å². The summed E-state index contributed by atoms with van der Waals surface area (Å²) in [5.74, 6) is -0.452. The van der Waals surface area contributed by atoms with Gasteiger partial charge in [0.1, 0.15) is 23.4 Å². The number of nitrogens with zero attached hydrogens (tertiary/aromatic N) is 1. The highest BCUT2D eigenvalue weighted by Crippen LogP contribution is 2.30. The molecule has 3 atom stereocenters. The smallest absolute Gasteiger partial charge is 0.408 e. The Balaban J connectivity index is 3.57. The molecule has 0 radical (unpaired) electrons. The highest BCUT2D eigenvalue weighted by atomic mass is 16.6. The summed E-state index contributed by atoms with van der Waals surface area (Å²) < 4.78 is 5.41. The van der Waals surface area contributed by atoms with Gasteiger partial charge in [0.05, 0.1) is 0 Å². The van der Waals surface area contributed by atoms with Gasteiger partial charge in [-0.15, -0.1) is 0 Å². The van der Waals surface area contributed by atoms with Crippen LogP contribution in [0.3, 0.4) is 0 Å². The summed E-state index contributed by atoms with van der Waals surface area (Å²) in [4.78, 5) is 41.7. The molecular weight excluding hydrogens is 446 g/mol. The summed E-state index contributed by atoms with van der Waals surface area (Å²) in [6, 6.07) is 2.68. The molecule has 0 spiro atoms. The standard InChI is InChI=1S/C27H45N3O5/c1-11-19(7)30(25(33)21(14-16(2)3)29-26(34)35-27(8,9)10)23(24(32)28-17(4)5)20-12-13-22(31)18(6)15-20/h12-13,15-17,19,21,23,31H,11,14H2,1-10H3,(H,28,32)(H,29,34). The van der Waals surface area contributed by atoms with Gasteiger partial charge in [-0.25, -0.2) is 4.79 Å². The summed E-state index contributed by atoms with van der Waals surface area (Å²) in [6.07, 6.45) is 0.317. The molecule has 8 heteroatoms. The molecular formula is C27H45N3O5. The van der Waals surface area contributed by atoms with Crippen molar-refractivity contribution >= 4 is 17.9 Å². The van der Waals surface area contributed by atoms with Crippen molar-refractivity contribution in [2.75, 3.05) is 0 Å². The van der Waals surface area contributed by atoms with Crippen LogP contribution in [0.2, 0.25) is 0 Å². The van der Waals surface area contributed by atoms with Gasteiger partial charge >= 0.3 is 6.09 Å². The minimum absolute atomic E-state index is 0.108. The highest BCUT2D eigenvalue weighted by Gasteiger charge is 2.39. The molecule has 8 nitrogen and oxygen atoms in total. The Morgan fingerprint density at radius 1 is 1.06 bits per heavy atom. The van der Waals surface area contributed by atoms with Crippen molar-refractivity contribution in [3.63, 3.8) is 0 Å². The zero-order valence-electron chi connectivity index (χ0n) is 23.1. The predicted molar refractivity (Wildman–Crippen MR) is 138 cm³/mol. The van der Waals surface area contributed by atoms with Crippen LogP contribution < -0.4 is 10.6 Å². The molecule has 0 saturated carbocycles. The lowest BCUT2D eigenvalue weighted by atomic mass is 9.96. The second kappa shape index (κ2) is 12.8. The van der Waals surface area contributed by atoms with Gasteiger partial charge in [0, 0.05) is 12.1 Å². The number of alkyl carbamates (subject to hydrolysis) is 1. The third-order valence-corrected chi connectivity index (χ3v) is 5.51. The molecule has 3 amide bonds. The third-order valence-electron chi connectivity index (χ3n) is 5.51. The maximum absolute atomic E-state index is 14.1. The lowest BCUT2D eigenvalue weighted by Crippen LogP contribution is -2.56. The SMILES string of the molecule is CCC(C)N(C(=O)C(CC(C)C)NC(=O)OC(C)(C)C)C(C(=O)NC(C)C)c1ccc(O)c(C)c1. The Labute approximate surface area is 210 Å². The van der Waals surface area contributed by atoms with Crippen molar-refractivity contribution in [1.82, 2.24) is 15.5 Å². The number of nitrogens with one attached hydrogen (secondary N) is 2. The van der Waals surface area contributed by atoms with Crippen molar-refractivity contribution in [1.29, 1.82) is 0 Å². The number of benzene rings is 1. The van der Waals surface area contributed by atoms with Gasteiger partial charge in [0.25, 0.3) is 0 Å². The number of phenolic OH excluding ortho intramolecular Hbond substituents is 1. The molecule has 3 unspecified atom stereocenters. The molecule has 1 aromatic carbocycles. The van der Waals surface area contributed by atoms with Crippen LogP contribution in [0.1, 0.15) is 92.3 Å². The average Bonchev–Trinajstić information content (AvgIpc) is 2.70. The number of amides is 3. The van der Waals surface area contributed by atoms with E-state index >= 15 is 0 Å². The van der Waals surface area contributed by atoms with E-state index in [1.54, 1.807) is 44.7 Å². The monoisotopic (exact) mass is 491 g/mol. The van der Waals surface area contributed by atoms with Crippen molar-refractivity contribution in [2.24, 2.45) is 5.92 Å². The zero-order chi connectivity index (χ0) is 27.1. The van der Waals surface area contributed by atoms with Crippen LogP contribution in [0, 0.1) is 12.8 Å². The average molecular weight is 492 g/mol. The normalized spacial score (nSPS) is 14.3. The maximum atomic E-state index is 14.1. The first-order valence-electron chi connectivity index (χ1n) is 12.5. The number of aryl methyl sites for hydroxylation is 1. The molecule has 0 fully saturated rings. The second-order valence-electron chi connectivity index (χ2n) is 10.9. The minimum atomic E-state index is -0.936. The van der Waals surface area contributed by atoms with Crippen molar-refractivity contribution in [2.45, 2.75) is 112 Å². The number of ether oxygens (including phenoxy) is 1. The fourth-order valence-corrected chi connectivity index (χ4v) is 3.77. The van der Waals surface area contributed by atoms with Crippen LogP contribution in [0.15, 0.2) is 18.2 Å². The maximum Gasteiger partial charge on any atom is 0.408 e.